The Kier molecular flexibility index (Phi) is 4.22. The Bertz CT molecular complexity index is 610. The van der Waals surface area contributed by atoms with Crippen LogP contribution in [0.25, 0.3) is 10.8 Å². The lowest BCUT2D eigenvalue weighted by Gasteiger charge is -2.19. The monoisotopic (exact) mass is 321 g/mol. The molecule has 100 valence electrons. The second-order valence-corrected chi connectivity index (χ2v) is 5.66. The molecule has 0 bridgehead atoms. The number of likely N-dealkylation sites (N-methyl/N-ethyl adjacent to an activating group) is 1. The predicted octanol–water partition coefficient (Wildman–Crippen LogP) is 3.06. The van der Waals surface area contributed by atoms with Crippen LogP contribution in [0.5, 0.6) is 0 Å². The lowest BCUT2D eigenvalue weighted by Crippen LogP contribution is -2.32. The largest absolute Gasteiger partial charge is 0.392 e. The van der Waals surface area contributed by atoms with Crippen LogP contribution in [-0.2, 0) is 0 Å². The van der Waals surface area contributed by atoms with Crippen molar-refractivity contribution in [2.24, 2.45) is 0 Å². The molecule has 4 heteroatoms. The van der Waals surface area contributed by atoms with Crippen LogP contribution in [0.4, 0.5) is 0 Å². The summed E-state index contributed by atoms with van der Waals surface area (Å²) in [4.78, 5) is 13.7. The number of rotatable bonds is 3. The van der Waals surface area contributed by atoms with E-state index < -0.39 is 6.10 Å². The van der Waals surface area contributed by atoms with E-state index in [9.17, 15) is 9.90 Å². The maximum absolute atomic E-state index is 12.2. The van der Waals surface area contributed by atoms with E-state index in [-0.39, 0.29) is 5.91 Å². The van der Waals surface area contributed by atoms with Crippen LogP contribution in [0, 0.1) is 0 Å². The topological polar surface area (TPSA) is 40.5 Å². The Balaban J connectivity index is 2.30. The summed E-state index contributed by atoms with van der Waals surface area (Å²) in [7, 11) is 1.70. The van der Waals surface area contributed by atoms with E-state index in [4.69, 9.17) is 0 Å². The predicted molar refractivity (Wildman–Crippen MR) is 80.3 cm³/mol. The molecule has 2 aromatic rings. The number of carbonyl (C=O) groups is 1. The van der Waals surface area contributed by atoms with E-state index in [1.54, 1.807) is 14.0 Å². The van der Waals surface area contributed by atoms with Gasteiger partial charge in [0, 0.05) is 23.6 Å². The van der Waals surface area contributed by atoms with Crippen LogP contribution in [0.15, 0.2) is 40.9 Å². The minimum atomic E-state index is -0.523. The van der Waals surface area contributed by atoms with E-state index >= 15 is 0 Å². The van der Waals surface area contributed by atoms with Crippen LogP contribution in [0.1, 0.15) is 17.3 Å². The first-order chi connectivity index (χ1) is 8.97. The molecule has 0 aliphatic rings. The fourth-order valence-electron chi connectivity index (χ4n) is 2.05. The number of aliphatic hydroxyl groups is 1. The quantitative estimate of drug-likeness (QED) is 0.943. The van der Waals surface area contributed by atoms with Gasteiger partial charge >= 0.3 is 0 Å². The molecule has 0 saturated heterocycles. The third-order valence-corrected chi connectivity index (χ3v) is 3.43. The van der Waals surface area contributed by atoms with Crippen LogP contribution >= 0.6 is 15.9 Å². The number of benzene rings is 2. The van der Waals surface area contributed by atoms with Gasteiger partial charge in [0.05, 0.1) is 6.10 Å². The van der Waals surface area contributed by atoms with Gasteiger partial charge in [0.15, 0.2) is 0 Å². The molecule has 1 unspecified atom stereocenters. The SMILES string of the molecule is CC(O)CN(C)C(=O)c1ccc2cc(Br)ccc2c1. The lowest BCUT2D eigenvalue weighted by molar-refractivity contribution is 0.0704. The van der Waals surface area contributed by atoms with Gasteiger partial charge in [-0.2, -0.15) is 0 Å². The summed E-state index contributed by atoms with van der Waals surface area (Å²) in [5.74, 6) is -0.0780. The molecule has 0 heterocycles. The van der Waals surface area contributed by atoms with Crippen molar-refractivity contribution in [2.45, 2.75) is 13.0 Å². The van der Waals surface area contributed by atoms with Gasteiger partial charge in [0.25, 0.3) is 5.91 Å². The van der Waals surface area contributed by atoms with Crippen molar-refractivity contribution in [3.63, 3.8) is 0 Å². The van der Waals surface area contributed by atoms with Gasteiger partial charge in [-0.15, -0.1) is 0 Å². The number of carbonyl (C=O) groups excluding carboxylic acids is 1. The van der Waals surface area contributed by atoms with E-state index in [1.807, 2.05) is 36.4 Å². The first-order valence-corrected chi connectivity index (χ1v) is 6.89. The molecule has 1 N–H and O–H groups in total. The highest BCUT2D eigenvalue weighted by Gasteiger charge is 2.13. The summed E-state index contributed by atoms with van der Waals surface area (Å²) in [6.07, 6.45) is -0.523. The maximum atomic E-state index is 12.2. The molecule has 0 saturated carbocycles. The zero-order chi connectivity index (χ0) is 14.0. The smallest absolute Gasteiger partial charge is 0.253 e. The van der Waals surface area contributed by atoms with Gasteiger partial charge in [-0.25, -0.2) is 0 Å². The number of nitrogens with zero attached hydrogens (tertiary/aromatic N) is 1. The van der Waals surface area contributed by atoms with Crippen molar-refractivity contribution in [1.82, 2.24) is 4.90 Å². The van der Waals surface area contributed by atoms with Gasteiger partial charge in [-0.1, -0.05) is 28.1 Å². The first-order valence-electron chi connectivity index (χ1n) is 6.10. The summed E-state index contributed by atoms with van der Waals surface area (Å²) < 4.78 is 1.02. The van der Waals surface area contributed by atoms with Gasteiger partial charge in [0.2, 0.25) is 0 Å². The second kappa shape index (κ2) is 5.72. The highest BCUT2D eigenvalue weighted by atomic mass is 79.9. The van der Waals surface area contributed by atoms with Crippen molar-refractivity contribution in [2.75, 3.05) is 13.6 Å². The van der Waals surface area contributed by atoms with Crippen molar-refractivity contribution < 1.29 is 9.90 Å². The molecule has 0 aromatic heterocycles. The van der Waals surface area contributed by atoms with Crippen LogP contribution in [0.2, 0.25) is 0 Å². The summed E-state index contributed by atoms with van der Waals surface area (Å²) in [6, 6.07) is 11.6. The molecule has 1 amide bonds. The number of fused-ring (bicyclic) bond motifs is 1. The van der Waals surface area contributed by atoms with Gasteiger partial charge in [-0.05, 0) is 42.0 Å². The average molecular weight is 322 g/mol. The highest BCUT2D eigenvalue weighted by molar-refractivity contribution is 9.10. The second-order valence-electron chi connectivity index (χ2n) is 4.74. The third-order valence-electron chi connectivity index (χ3n) is 2.93. The molecule has 2 aromatic carbocycles. The number of aliphatic hydroxyl groups excluding tert-OH is 1. The van der Waals surface area contributed by atoms with E-state index in [0.29, 0.717) is 12.1 Å². The van der Waals surface area contributed by atoms with E-state index in [0.717, 1.165) is 15.2 Å². The van der Waals surface area contributed by atoms with Crippen molar-refractivity contribution in [1.29, 1.82) is 0 Å². The third kappa shape index (κ3) is 3.33. The minimum Gasteiger partial charge on any atom is -0.392 e. The number of hydrogen-bond donors (Lipinski definition) is 1. The Hall–Kier alpha value is -1.39. The van der Waals surface area contributed by atoms with Gasteiger partial charge in [-0.3, -0.25) is 4.79 Å². The van der Waals surface area contributed by atoms with Crippen molar-refractivity contribution in [3.8, 4) is 0 Å². The highest BCUT2D eigenvalue weighted by Crippen LogP contribution is 2.21. The Morgan fingerprint density at radius 2 is 1.89 bits per heavy atom. The van der Waals surface area contributed by atoms with Gasteiger partial charge in [0.1, 0.15) is 0 Å². The molecule has 0 spiro atoms. The molecular formula is C15H16BrNO2. The molecule has 0 aliphatic heterocycles. The summed E-state index contributed by atoms with van der Waals surface area (Å²) in [5.41, 5.74) is 0.637. The standard InChI is InChI=1S/C15H16BrNO2/c1-10(18)9-17(2)15(19)13-4-3-12-8-14(16)6-5-11(12)7-13/h3-8,10,18H,9H2,1-2H3. The molecular weight excluding hydrogens is 306 g/mol. The Labute approximate surface area is 121 Å². The zero-order valence-corrected chi connectivity index (χ0v) is 12.5. The van der Waals surface area contributed by atoms with E-state index in [2.05, 4.69) is 15.9 Å². The molecule has 1 atom stereocenters. The summed E-state index contributed by atoms with van der Waals surface area (Å²) in [5, 5.41) is 11.4. The zero-order valence-electron chi connectivity index (χ0n) is 10.9. The number of amides is 1. The molecule has 0 fully saturated rings. The van der Waals surface area contributed by atoms with Crippen molar-refractivity contribution >= 4 is 32.6 Å². The van der Waals surface area contributed by atoms with E-state index in [1.165, 1.54) is 4.90 Å². The Morgan fingerprint density at radius 1 is 1.26 bits per heavy atom. The first kappa shape index (κ1) is 14.0. The molecule has 2 rings (SSSR count). The maximum Gasteiger partial charge on any atom is 0.253 e. The molecule has 3 nitrogen and oxygen atoms in total. The fraction of sp³-hybridized carbons (Fsp3) is 0.267. The van der Waals surface area contributed by atoms with Crippen LogP contribution in [-0.4, -0.2) is 35.6 Å². The van der Waals surface area contributed by atoms with Gasteiger partial charge < -0.3 is 10.0 Å². The number of halogens is 1. The number of hydrogen-bond acceptors (Lipinski definition) is 2. The normalized spacial score (nSPS) is 12.4. The summed E-state index contributed by atoms with van der Waals surface area (Å²) in [6.45, 7) is 2.00. The van der Waals surface area contributed by atoms with Crippen molar-refractivity contribution in [3.05, 3.63) is 46.4 Å². The molecule has 0 radical (unpaired) electrons. The minimum absolute atomic E-state index is 0.0780. The van der Waals surface area contributed by atoms with Crippen LogP contribution < -0.4 is 0 Å². The van der Waals surface area contributed by atoms with Crippen LogP contribution in [0.3, 0.4) is 0 Å². The Morgan fingerprint density at radius 3 is 2.58 bits per heavy atom. The molecule has 0 aliphatic carbocycles. The lowest BCUT2D eigenvalue weighted by atomic mass is 10.1. The average Bonchev–Trinajstić information content (AvgIpc) is 2.36. The molecule has 19 heavy (non-hydrogen) atoms. The summed E-state index contributed by atoms with van der Waals surface area (Å²) >= 11 is 3.43. The fourth-order valence-corrected chi connectivity index (χ4v) is 2.43.